The van der Waals surface area contributed by atoms with Gasteiger partial charge in [-0.2, -0.15) is 0 Å². The van der Waals surface area contributed by atoms with Crippen LogP contribution in [0.4, 0.5) is 10.6 Å². The van der Waals surface area contributed by atoms with Gasteiger partial charge in [-0.3, -0.25) is 0 Å². The van der Waals surface area contributed by atoms with Gasteiger partial charge in [0.05, 0.1) is 5.69 Å². The van der Waals surface area contributed by atoms with Gasteiger partial charge < -0.3 is 15.7 Å². The summed E-state index contributed by atoms with van der Waals surface area (Å²) in [5.41, 5.74) is 8.18. The van der Waals surface area contributed by atoms with E-state index in [0.29, 0.717) is 18.8 Å². The van der Waals surface area contributed by atoms with Crippen LogP contribution >= 0.6 is 0 Å². The number of nitrogens with two attached hydrogens (primary N) is 1. The number of carboxylic acid groups (broad SMARTS) is 1. The zero-order chi connectivity index (χ0) is 17.0. The number of amides is 1. The van der Waals surface area contributed by atoms with Gasteiger partial charge in [-0.15, -0.1) is 0 Å². The molecule has 23 heavy (non-hydrogen) atoms. The van der Waals surface area contributed by atoms with Gasteiger partial charge in [-0.25, -0.2) is 9.78 Å². The molecule has 0 aliphatic heterocycles. The van der Waals surface area contributed by atoms with Gasteiger partial charge in [0.15, 0.2) is 0 Å². The van der Waals surface area contributed by atoms with Crippen LogP contribution in [0.2, 0.25) is 0 Å². The maximum absolute atomic E-state index is 11.4. The van der Waals surface area contributed by atoms with Gasteiger partial charge in [-0.05, 0) is 51.0 Å². The molecule has 0 atom stereocenters. The molecule has 1 aromatic carbocycles. The summed E-state index contributed by atoms with van der Waals surface area (Å²) in [6, 6.07) is 13.5. The molecule has 122 valence electrons. The molecule has 0 radical (unpaired) electrons. The van der Waals surface area contributed by atoms with Crippen molar-refractivity contribution in [3.05, 3.63) is 48.0 Å². The van der Waals surface area contributed by atoms with Crippen molar-refractivity contribution in [3.63, 3.8) is 0 Å². The lowest BCUT2D eigenvalue weighted by atomic mass is 10.0. The third-order valence-corrected chi connectivity index (χ3v) is 3.66. The Morgan fingerprint density at radius 2 is 1.91 bits per heavy atom. The second kappa shape index (κ2) is 6.69. The minimum absolute atomic E-state index is 0.418. The summed E-state index contributed by atoms with van der Waals surface area (Å²) < 4.78 is 0. The van der Waals surface area contributed by atoms with Gasteiger partial charge >= 0.3 is 6.09 Å². The smallest absolute Gasteiger partial charge is 0.407 e. The van der Waals surface area contributed by atoms with E-state index in [-0.39, 0.29) is 0 Å². The van der Waals surface area contributed by atoms with E-state index in [4.69, 9.17) is 5.73 Å². The molecule has 0 aliphatic rings. The number of pyridine rings is 1. The first-order valence-corrected chi connectivity index (χ1v) is 7.60. The lowest BCUT2D eigenvalue weighted by Gasteiger charge is -2.33. The molecule has 1 heterocycles. The number of carbonyl (C=O) groups is 1. The molecule has 2 rings (SSSR count). The molecule has 0 unspecified atom stereocenters. The van der Waals surface area contributed by atoms with Crippen LogP contribution in [0.15, 0.2) is 42.5 Å². The number of anilines is 1. The van der Waals surface area contributed by atoms with E-state index in [0.717, 1.165) is 16.8 Å². The lowest BCUT2D eigenvalue weighted by Crippen LogP contribution is -2.45. The normalized spacial score (nSPS) is 11.3. The van der Waals surface area contributed by atoms with Crippen LogP contribution in [-0.4, -0.2) is 33.2 Å². The summed E-state index contributed by atoms with van der Waals surface area (Å²) in [6.45, 7) is 6.14. The SMILES string of the molecule is CC(C)(C)N(CCc1cccc(-c2cccc(N)n2)c1)C(=O)O. The molecule has 0 spiro atoms. The molecular weight excluding hydrogens is 290 g/mol. The van der Waals surface area contributed by atoms with E-state index >= 15 is 0 Å². The van der Waals surface area contributed by atoms with Crippen molar-refractivity contribution in [2.45, 2.75) is 32.7 Å². The average Bonchev–Trinajstić information content (AvgIpc) is 2.46. The Morgan fingerprint density at radius 3 is 2.52 bits per heavy atom. The number of nitrogen functional groups attached to an aromatic ring is 1. The maximum atomic E-state index is 11.4. The van der Waals surface area contributed by atoms with Crippen molar-refractivity contribution < 1.29 is 9.90 Å². The van der Waals surface area contributed by atoms with Gasteiger partial charge in [0, 0.05) is 17.6 Å². The molecule has 1 aromatic heterocycles. The molecule has 5 nitrogen and oxygen atoms in total. The van der Waals surface area contributed by atoms with Gasteiger partial charge in [0.1, 0.15) is 5.82 Å². The minimum Gasteiger partial charge on any atom is -0.465 e. The van der Waals surface area contributed by atoms with Crippen molar-refractivity contribution in [2.24, 2.45) is 0 Å². The van der Waals surface area contributed by atoms with Crippen molar-refractivity contribution in [1.29, 1.82) is 0 Å². The first kappa shape index (κ1) is 16.8. The summed E-state index contributed by atoms with van der Waals surface area (Å²) in [7, 11) is 0. The quantitative estimate of drug-likeness (QED) is 0.903. The molecule has 2 aromatic rings. The number of rotatable bonds is 4. The topological polar surface area (TPSA) is 79.5 Å². The third kappa shape index (κ3) is 4.45. The molecule has 0 aliphatic carbocycles. The molecule has 1 amide bonds. The molecule has 0 saturated carbocycles. The van der Waals surface area contributed by atoms with E-state index in [2.05, 4.69) is 4.98 Å². The number of hydrogen-bond acceptors (Lipinski definition) is 3. The van der Waals surface area contributed by atoms with E-state index < -0.39 is 11.6 Å². The molecule has 0 bridgehead atoms. The molecule has 5 heteroatoms. The summed E-state index contributed by atoms with van der Waals surface area (Å²) in [4.78, 5) is 17.2. The average molecular weight is 313 g/mol. The first-order valence-electron chi connectivity index (χ1n) is 7.60. The van der Waals surface area contributed by atoms with Crippen LogP contribution in [0.25, 0.3) is 11.3 Å². The number of hydrogen-bond donors (Lipinski definition) is 2. The molecule has 0 saturated heterocycles. The molecular formula is C18H23N3O2. The fourth-order valence-corrected chi connectivity index (χ4v) is 2.46. The molecule has 0 fully saturated rings. The van der Waals surface area contributed by atoms with Crippen LogP contribution < -0.4 is 5.73 Å². The van der Waals surface area contributed by atoms with Crippen LogP contribution in [0, 0.1) is 0 Å². The highest BCUT2D eigenvalue weighted by Crippen LogP contribution is 2.20. The van der Waals surface area contributed by atoms with E-state index in [1.165, 1.54) is 4.90 Å². The molecule has 3 N–H and O–H groups in total. The summed E-state index contributed by atoms with van der Waals surface area (Å²) in [5.74, 6) is 0.484. The van der Waals surface area contributed by atoms with Crippen molar-refractivity contribution >= 4 is 11.9 Å². The third-order valence-electron chi connectivity index (χ3n) is 3.66. The highest BCUT2D eigenvalue weighted by Gasteiger charge is 2.25. The largest absolute Gasteiger partial charge is 0.465 e. The highest BCUT2D eigenvalue weighted by molar-refractivity contribution is 5.66. The van der Waals surface area contributed by atoms with Gasteiger partial charge in [0.25, 0.3) is 0 Å². The monoisotopic (exact) mass is 313 g/mol. The Hall–Kier alpha value is -2.56. The van der Waals surface area contributed by atoms with E-state index in [1.807, 2.05) is 57.2 Å². The van der Waals surface area contributed by atoms with Crippen molar-refractivity contribution in [2.75, 3.05) is 12.3 Å². The Morgan fingerprint density at radius 1 is 1.22 bits per heavy atom. The zero-order valence-corrected chi connectivity index (χ0v) is 13.8. The second-order valence-corrected chi connectivity index (χ2v) is 6.50. The maximum Gasteiger partial charge on any atom is 0.407 e. The summed E-state index contributed by atoms with van der Waals surface area (Å²) in [6.07, 6.45) is -0.245. The second-order valence-electron chi connectivity index (χ2n) is 6.50. The van der Waals surface area contributed by atoms with Gasteiger partial charge in [-0.1, -0.05) is 24.3 Å². The Balaban J connectivity index is 2.16. The Bertz CT molecular complexity index is 693. The van der Waals surface area contributed by atoms with E-state index in [1.54, 1.807) is 6.07 Å². The Kier molecular flexibility index (Phi) is 4.89. The van der Waals surface area contributed by atoms with Crippen LogP contribution in [0.3, 0.4) is 0 Å². The predicted molar refractivity (Wildman–Crippen MR) is 92.3 cm³/mol. The van der Waals surface area contributed by atoms with Crippen molar-refractivity contribution in [1.82, 2.24) is 9.88 Å². The number of nitrogens with zero attached hydrogens (tertiary/aromatic N) is 2. The number of benzene rings is 1. The summed E-state index contributed by atoms with van der Waals surface area (Å²) >= 11 is 0. The van der Waals surface area contributed by atoms with Crippen LogP contribution in [0.5, 0.6) is 0 Å². The van der Waals surface area contributed by atoms with Crippen LogP contribution in [0.1, 0.15) is 26.3 Å². The van der Waals surface area contributed by atoms with Gasteiger partial charge in [0.2, 0.25) is 0 Å². The van der Waals surface area contributed by atoms with E-state index in [9.17, 15) is 9.90 Å². The van der Waals surface area contributed by atoms with Crippen LogP contribution in [-0.2, 0) is 6.42 Å². The first-order chi connectivity index (χ1) is 10.8. The standard InChI is InChI=1S/C18H23N3O2/c1-18(2,3)21(17(22)23)11-10-13-6-4-7-14(12-13)15-8-5-9-16(19)20-15/h4-9,12H,10-11H2,1-3H3,(H2,19,20)(H,22,23). The minimum atomic E-state index is -0.897. The van der Waals surface area contributed by atoms with Crippen molar-refractivity contribution in [3.8, 4) is 11.3 Å². The predicted octanol–water partition coefficient (Wildman–Crippen LogP) is 3.65. The summed E-state index contributed by atoms with van der Waals surface area (Å²) in [5, 5.41) is 9.35. The Labute approximate surface area is 136 Å². The fourth-order valence-electron chi connectivity index (χ4n) is 2.46. The zero-order valence-electron chi connectivity index (χ0n) is 13.8. The highest BCUT2D eigenvalue weighted by atomic mass is 16.4. The lowest BCUT2D eigenvalue weighted by molar-refractivity contribution is 0.101. The fraction of sp³-hybridized carbons (Fsp3) is 0.333. The number of aromatic nitrogens is 1.